The fourth-order valence-electron chi connectivity index (χ4n) is 2.58. The lowest BCUT2D eigenvalue weighted by Gasteiger charge is -2.14. The molecular weight excluding hydrogens is 331 g/mol. The zero-order chi connectivity index (χ0) is 17.5. The van der Waals surface area contributed by atoms with Gasteiger partial charge < -0.3 is 0 Å². The molecule has 0 aliphatic heterocycles. The van der Waals surface area contributed by atoms with E-state index in [0.29, 0.717) is 22.3 Å². The number of fused-ring (bicyclic) bond motifs is 1. The molecule has 0 bridgehead atoms. The van der Waals surface area contributed by atoms with E-state index in [1.54, 1.807) is 43.8 Å². The van der Waals surface area contributed by atoms with Crippen LogP contribution in [0.1, 0.15) is 24.2 Å². The van der Waals surface area contributed by atoms with Gasteiger partial charge >= 0.3 is 0 Å². The predicted octanol–water partition coefficient (Wildman–Crippen LogP) is 2.46. The molecule has 126 valence electrons. The number of rotatable bonds is 4. The Labute approximate surface area is 139 Å². The third kappa shape index (κ3) is 3.02. The number of hydrogen-bond acceptors (Lipinski definition) is 4. The summed E-state index contributed by atoms with van der Waals surface area (Å²) in [5.74, 6) is -0.410. The SMILES string of the molecule is Cc1nn(C)c2ncc(S(=O)(=O)N[C@H](C)c3cccc(F)c3)cc12. The minimum Gasteiger partial charge on any atom is -0.250 e. The van der Waals surface area contributed by atoms with Crippen LogP contribution >= 0.6 is 0 Å². The number of pyridine rings is 1. The van der Waals surface area contributed by atoms with Crippen molar-refractivity contribution in [2.75, 3.05) is 0 Å². The first-order valence-corrected chi connectivity index (χ1v) is 8.83. The van der Waals surface area contributed by atoms with Gasteiger partial charge in [0.15, 0.2) is 5.65 Å². The van der Waals surface area contributed by atoms with Crippen LogP contribution in [0.25, 0.3) is 11.0 Å². The molecule has 1 N–H and O–H groups in total. The molecule has 6 nitrogen and oxygen atoms in total. The molecule has 0 aliphatic rings. The third-order valence-electron chi connectivity index (χ3n) is 3.83. The quantitative estimate of drug-likeness (QED) is 0.786. The molecule has 0 fully saturated rings. The maximum Gasteiger partial charge on any atom is 0.242 e. The van der Waals surface area contributed by atoms with E-state index in [-0.39, 0.29) is 4.90 Å². The molecule has 0 radical (unpaired) electrons. The van der Waals surface area contributed by atoms with Gasteiger partial charge in [0.05, 0.1) is 5.69 Å². The van der Waals surface area contributed by atoms with Crippen molar-refractivity contribution in [3.8, 4) is 0 Å². The zero-order valence-electron chi connectivity index (χ0n) is 13.5. The number of hydrogen-bond donors (Lipinski definition) is 1. The Hall–Kier alpha value is -2.32. The molecule has 0 spiro atoms. The third-order valence-corrected chi connectivity index (χ3v) is 5.34. The Bertz CT molecular complexity index is 1010. The van der Waals surface area contributed by atoms with Gasteiger partial charge in [-0.1, -0.05) is 12.1 Å². The normalized spacial score (nSPS) is 13.3. The highest BCUT2D eigenvalue weighted by Gasteiger charge is 2.20. The molecule has 0 saturated heterocycles. The summed E-state index contributed by atoms with van der Waals surface area (Å²) in [5.41, 5.74) is 1.87. The van der Waals surface area contributed by atoms with Gasteiger partial charge in [-0.15, -0.1) is 0 Å². The van der Waals surface area contributed by atoms with E-state index in [1.165, 1.54) is 18.3 Å². The molecule has 8 heteroatoms. The predicted molar refractivity (Wildman–Crippen MR) is 88.4 cm³/mol. The number of nitrogens with one attached hydrogen (secondary N) is 1. The Morgan fingerprint density at radius 2 is 2.04 bits per heavy atom. The minimum absolute atomic E-state index is 0.0503. The number of halogens is 1. The molecule has 3 rings (SSSR count). The van der Waals surface area contributed by atoms with Crippen molar-refractivity contribution in [2.24, 2.45) is 7.05 Å². The lowest BCUT2D eigenvalue weighted by atomic mass is 10.1. The lowest BCUT2D eigenvalue weighted by molar-refractivity contribution is 0.564. The second kappa shape index (κ2) is 5.95. The maximum absolute atomic E-state index is 13.3. The first kappa shape index (κ1) is 16.5. The summed E-state index contributed by atoms with van der Waals surface area (Å²) in [4.78, 5) is 4.23. The molecule has 0 saturated carbocycles. The highest BCUT2D eigenvalue weighted by molar-refractivity contribution is 7.89. The first-order chi connectivity index (χ1) is 11.3. The highest BCUT2D eigenvalue weighted by Crippen LogP contribution is 2.21. The molecule has 3 aromatic rings. The molecule has 2 aromatic heterocycles. The van der Waals surface area contributed by atoms with Crippen LogP contribution in [0.2, 0.25) is 0 Å². The van der Waals surface area contributed by atoms with Gasteiger partial charge in [0, 0.05) is 24.7 Å². The standard InChI is InChI=1S/C16H17FN4O2S/c1-10(12-5-4-6-13(17)7-12)20-24(22,23)14-8-15-11(2)19-21(3)16(15)18-9-14/h4-10,20H,1-3H3/t10-/m1/s1. The molecule has 2 heterocycles. The second-order valence-electron chi connectivity index (χ2n) is 5.65. The number of benzene rings is 1. The van der Waals surface area contributed by atoms with Crippen LogP contribution in [-0.4, -0.2) is 23.2 Å². The fraction of sp³-hybridized carbons (Fsp3) is 0.250. The van der Waals surface area contributed by atoms with Crippen LogP contribution in [0.3, 0.4) is 0 Å². The Kier molecular flexibility index (Phi) is 4.10. The molecule has 0 amide bonds. The number of nitrogens with zero attached hydrogens (tertiary/aromatic N) is 3. The average Bonchev–Trinajstić information content (AvgIpc) is 2.81. The monoisotopic (exact) mass is 348 g/mol. The van der Waals surface area contributed by atoms with Crippen molar-refractivity contribution in [1.29, 1.82) is 0 Å². The molecular formula is C16H17FN4O2S. The van der Waals surface area contributed by atoms with E-state index in [1.807, 2.05) is 0 Å². The topological polar surface area (TPSA) is 76.9 Å². The van der Waals surface area contributed by atoms with E-state index >= 15 is 0 Å². The van der Waals surface area contributed by atoms with Gasteiger partial charge in [-0.2, -0.15) is 5.10 Å². The van der Waals surface area contributed by atoms with Crippen LogP contribution in [0.4, 0.5) is 4.39 Å². The maximum atomic E-state index is 13.3. The van der Waals surface area contributed by atoms with E-state index in [9.17, 15) is 12.8 Å². The summed E-state index contributed by atoms with van der Waals surface area (Å²) in [6, 6.07) is 6.81. The first-order valence-electron chi connectivity index (χ1n) is 7.35. The highest BCUT2D eigenvalue weighted by atomic mass is 32.2. The van der Waals surface area contributed by atoms with Gasteiger partial charge in [-0.05, 0) is 37.6 Å². The van der Waals surface area contributed by atoms with Crippen molar-refractivity contribution < 1.29 is 12.8 Å². The zero-order valence-corrected chi connectivity index (χ0v) is 14.3. The van der Waals surface area contributed by atoms with Crippen LogP contribution in [0, 0.1) is 12.7 Å². The van der Waals surface area contributed by atoms with Crippen LogP contribution in [-0.2, 0) is 17.1 Å². The van der Waals surface area contributed by atoms with E-state index in [4.69, 9.17) is 0 Å². The second-order valence-corrected chi connectivity index (χ2v) is 7.36. The molecule has 1 aromatic carbocycles. The van der Waals surface area contributed by atoms with Crippen molar-refractivity contribution in [2.45, 2.75) is 24.8 Å². The number of sulfonamides is 1. The van der Waals surface area contributed by atoms with Crippen molar-refractivity contribution >= 4 is 21.1 Å². The van der Waals surface area contributed by atoms with Crippen molar-refractivity contribution in [3.63, 3.8) is 0 Å². The summed E-state index contributed by atoms with van der Waals surface area (Å²) < 4.78 is 42.6. The summed E-state index contributed by atoms with van der Waals surface area (Å²) in [7, 11) is -2.04. The summed E-state index contributed by atoms with van der Waals surface area (Å²) in [5, 5.41) is 4.91. The minimum atomic E-state index is -3.79. The Morgan fingerprint density at radius 3 is 2.75 bits per heavy atom. The van der Waals surface area contributed by atoms with E-state index < -0.39 is 21.9 Å². The number of aromatic nitrogens is 3. The van der Waals surface area contributed by atoms with Gasteiger partial charge in [0.1, 0.15) is 10.7 Å². The van der Waals surface area contributed by atoms with Crippen LogP contribution in [0.15, 0.2) is 41.4 Å². The van der Waals surface area contributed by atoms with Crippen molar-refractivity contribution in [1.82, 2.24) is 19.5 Å². The summed E-state index contributed by atoms with van der Waals surface area (Å²) in [6.07, 6.45) is 1.30. The summed E-state index contributed by atoms with van der Waals surface area (Å²) in [6.45, 7) is 3.46. The summed E-state index contributed by atoms with van der Waals surface area (Å²) >= 11 is 0. The van der Waals surface area contributed by atoms with E-state index in [2.05, 4.69) is 14.8 Å². The average molecular weight is 348 g/mol. The van der Waals surface area contributed by atoms with E-state index in [0.717, 1.165) is 0 Å². The smallest absolute Gasteiger partial charge is 0.242 e. The van der Waals surface area contributed by atoms with Crippen molar-refractivity contribution in [3.05, 3.63) is 53.6 Å². The largest absolute Gasteiger partial charge is 0.250 e. The molecule has 1 atom stereocenters. The van der Waals surface area contributed by atoms with Gasteiger partial charge in [0.25, 0.3) is 0 Å². The molecule has 0 unspecified atom stereocenters. The van der Waals surface area contributed by atoms with Crippen LogP contribution < -0.4 is 4.72 Å². The van der Waals surface area contributed by atoms with Crippen LogP contribution in [0.5, 0.6) is 0 Å². The molecule has 0 aliphatic carbocycles. The Balaban J connectivity index is 1.94. The molecule has 24 heavy (non-hydrogen) atoms. The fourth-order valence-corrected chi connectivity index (χ4v) is 3.78. The van der Waals surface area contributed by atoms with Gasteiger partial charge in [-0.3, -0.25) is 4.68 Å². The van der Waals surface area contributed by atoms with Gasteiger partial charge in [-0.25, -0.2) is 22.5 Å². The lowest BCUT2D eigenvalue weighted by Crippen LogP contribution is -2.27. The Morgan fingerprint density at radius 1 is 1.29 bits per heavy atom. The van der Waals surface area contributed by atoms with Gasteiger partial charge in [0.2, 0.25) is 10.0 Å². The number of aryl methyl sites for hydroxylation is 2.